The summed E-state index contributed by atoms with van der Waals surface area (Å²) >= 11 is 0. The van der Waals surface area contributed by atoms with Crippen LogP contribution in [0, 0.1) is 0 Å². The molecule has 0 saturated heterocycles. The number of H-pyrrole nitrogens is 1. The molecular formula is C8H8F3N2O+. The number of aromatic amines is 1. The van der Waals surface area contributed by atoms with Gasteiger partial charge in [-0.05, 0) is 6.92 Å². The second-order valence-electron chi connectivity index (χ2n) is 2.74. The quantitative estimate of drug-likeness (QED) is 0.702. The lowest BCUT2D eigenvalue weighted by Gasteiger charge is -2.05. The molecule has 0 aliphatic heterocycles. The third kappa shape index (κ3) is 1.84. The molecule has 76 valence electrons. The molecule has 1 rings (SSSR count). The van der Waals surface area contributed by atoms with Gasteiger partial charge in [0.15, 0.2) is 12.0 Å². The Bertz CT molecular complexity index is 373. The average molecular weight is 205 g/mol. The van der Waals surface area contributed by atoms with Crippen molar-refractivity contribution in [1.82, 2.24) is 0 Å². The number of hydrogen-bond acceptors (Lipinski definition) is 2. The predicted octanol–water partition coefficient (Wildman–Crippen LogP) is 1.30. The lowest BCUT2D eigenvalue weighted by atomic mass is 10.1. The molecule has 1 aromatic rings. The maximum absolute atomic E-state index is 12.3. The zero-order valence-electron chi connectivity index (χ0n) is 7.27. The van der Waals surface area contributed by atoms with Crippen molar-refractivity contribution in [3.63, 3.8) is 0 Å². The Morgan fingerprint density at radius 2 is 2.07 bits per heavy atom. The van der Waals surface area contributed by atoms with Crippen LogP contribution in [0.4, 0.5) is 18.9 Å². The number of anilines is 1. The highest BCUT2D eigenvalue weighted by molar-refractivity contribution is 5.99. The minimum absolute atomic E-state index is 0.177. The molecule has 0 radical (unpaired) electrons. The molecule has 6 heteroatoms. The van der Waals surface area contributed by atoms with E-state index in [0.29, 0.717) is 0 Å². The van der Waals surface area contributed by atoms with Crippen molar-refractivity contribution in [3.05, 3.63) is 23.5 Å². The molecule has 0 unspecified atom stereocenters. The minimum Gasteiger partial charge on any atom is -0.398 e. The second-order valence-corrected chi connectivity index (χ2v) is 2.74. The van der Waals surface area contributed by atoms with Crippen molar-refractivity contribution < 1.29 is 22.9 Å². The number of nitrogens with two attached hydrogens (primary N) is 1. The summed E-state index contributed by atoms with van der Waals surface area (Å²) in [6, 6.07) is 1.21. The molecule has 0 bridgehead atoms. The molecule has 0 amide bonds. The summed E-state index contributed by atoms with van der Waals surface area (Å²) in [6.07, 6.45) is -3.55. The summed E-state index contributed by atoms with van der Waals surface area (Å²) in [6.45, 7) is 1.04. The minimum atomic E-state index is -4.60. The summed E-state index contributed by atoms with van der Waals surface area (Å²) in [5.74, 6) is -0.716. The van der Waals surface area contributed by atoms with E-state index in [4.69, 9.17) is 5.73 Å². The van der Waals surface area contributed by atoms with E-state index in [9.17, 15) is 18.0 Å². The summed E-state index contributed by atoms with van der Waals surface area (Å²) in [7, 11) is 0. The number of rotatable bonds is 1. The molecule has 14 heavy (non-hydrogen) atoms. The molecule has 0 fully saturated rings. The van der Waals surface area contributed by atoms with Crippen molar-refractivity contribution in [2.45, 2.75) is 13.1 Å². The Hall–Kier alpha value is -1.59. The number of ketones is 1. The van der Waals surface area contributed by atoms with E-state index < -0.39 is 23.2 Å². The summed E-state index contributed by atoms with van der Waals surface area (Å²) in [5, 5.41) is 0. The Labute approximate surface area is 77.7 Å². The molecule has 0 aliphatic carbocycles. The molecule has 3 N–H and O–H groups in total. The second kappa shape index (κ2) is 3.28. The molecule has 0 saturated carbocycles. The van der Waals surface area contributed by atoms with Gasteiger partial charge in [0, 0.05) is 6.07 Å². The highest BCUT2D eigenvalue weighted by Crippen LogP contribution is 2.30. The number of nitrogens with one attached hydrogen (secondary N) is 1. The summed E-state index contributed by atoms with van der Waals surface area (Å²) in [5.41, 5.74) is 3.48. The van der Waals surface area contributed by atoms with Gasteiger partial charge in [-0.2, -0.15) is 13.2 Å². The number of carbonyl (C=O) groups excluding carboxylic acids is 1. The number of halogens is 3. The molecule has 3 nitrogen and oxygen atoms in total. The largest absolute Gasteiger partial charge is 0.478 e. The van der Waals surface area contributed by atoms with E-state index in [1.165, 1.54) is 6.07 Å². The van der Waals surface area contributed by atoms with E-state index in [2.05, 4.69) is 0 Å². The summed E-state index contributed by atoms with van der Waals surface area (Å²) in [4.78, 5) is 12.9. The third-order valence-electron chi connectivity index (χ3n) is 1.66. The first-order chi connectivity index (χ1) is 6.34. The van der Waals surface area contributed by atoms with Gasteiger partial charge in [0.2, 0.25) is 0 Å². The fourth-order valence-corrected chi connectivity index (χ4v) is 1.12. The SMILES string of the molecule is CC(=O)c1c(N)cc[nH+]c1C(F)(F)F. The fraction of sp³-hybridized carbons (Fsp3) is 0.250. The first kappa shape index (κ1) is 10.5. The van der Waals surface area contributed by atoms with Crippen LogP contribution in [0.15, 0.2) is 12.3 Å². The van der Waals surface area contributed by atoms with Crippen LogP contribution >= 0.6 is 0 Å². The van der Waals surface area contributed by atoms with Crippen LogP contribution in [0.1, 0.15) is 23.0 Å². The first-order valence-corrected chi connectivity index (χ1v) is 3.72. The van der Waals surface area contributed by atoms with Gasteiger partial charge >= 0.3 is 6.18 Å². The predicted molar refractivity (Wildman–Crippen MR) is 42.4 cm³/mol. The zero-order chi connectivity index (χ0) is 10.9. The monoisotopic (exact) mass is 205 g/mol. The van der Waals surface area contributed by atoms with E-state index in [0.717, 1.165) is 13.1 Å². The topological polar surface area (TPSA) is 57.2 Å². The van der Waals surface area contributed by atoms with E-state index >= 15 is 0 Å². The molecule has 0 aromatic carbocycles. The highest BCUT2D eigenvalue weighted by atomic mass is 19.4. The smallest absolute Gasteiger partial charge is 0.398 e. The molecular weight excluding hydrogens is 197 g/mol. The van der Waals surface area contributed by atoms with Crippen LogP contribution in [-0.2, 0) is 6.18 Å². The molecule has 1 heterocycles. The van der Waals surface area contributed by atoms with Gasteiger partial charge in [0.25, 0.3) is 5.69 Å². The highest BCUT2D eigenvalue weighted by Gasteiger charge is 2.42. The van der Waals surface area contributed by atoms with Crippen LogP contribution in [0.3, 0.4) is 0 Å². The van der Waals surface area contributed by atoms with Crippen molar-refractivity contribution in [2.75, 3.05) is 5.73 Å². The van der Waals surface area contributed by atoms with E-state index in [-0.39, 0.29) is 5.69 Å². The van der Waals surface area contributed by atoms with Crippen LogP contribution in [0.5, 0.6) is 0 Å². The van der Waals surface area contributed by atoms with Gasteiger partial charge in [-0.15, -0.1) is 0 Å². The Kier molecular flexibility index (Phi) is 2.46. The van der Waals surface area contributed by atoms with Crippen LogP contribution in [0.2, 0.25) is 0 Å². The number of Topliss-reactive ketones (excluding diaryl/α,β-unsaturated/α-hetero) is 1. The number of aromatic nitrogens is 1. The van der Waals surface area contributed by atoms with Gasteiger partial charge < -0.3 is 5.73 Å². The van der Waals surface area contributed by atoms with E-state index in [1.54, 1.807) is 0 Å². The number of hydrogen-bond donors (Lipinski definition) is 1. The number of pyridine rings is 1. The van der Waals surface area contributed by atoms with Gasteiger partial charge in [0.05, 0.1) is 5.69 Å². The maximum atomic E-state index is 12.3. The standard InChI is InChI=1S/C8H7F3N2O/c1-4(14)6-5(12)2-3-13-7(6)8(9,10)11/h2-3H,1H3,(H2,12,13)/p+1. The number of nitrogen functional groups attached to an aromatic ring is 1. The van der Waals surface area contributed by atoms with Crippen LogP contribution in [-0.4, -0.2) is 5.78 Å². The first-order valence-electron chi connectivity index (χ1n) is 3.72. The van der Waals surface area contributed by atoms with Gasteiger partial charge in [0.1, 0.15) is 5.56 Å². The normalized spacial score (nSPS) is 11.4. The van der Waals surface area contributed by atoms with Crippen LogP contribution < -0.4 is 10.7 Å². The molecule has 0 spiro atoms. The van der Waals surface area contributed by atoms with Crippen molar-refractivity contribution in [1.29, 1.82) is 0 Å². The van der Waals surface area contributed by atoms with Crippen LogP contribution in [0.25, 0.3) is 0 Å². The Balaban J connectivity index is 3.44. The number of carbonyl (C=O) groups is 1. The molecule has 0 aliphatic rings. The average Bonchev–Trinajstić information content (AvgIpc) is 2.01. The van der Waals surface area contributed by atoms with Gasteiger partial charge in [-0.3, -0.25) is 4.79 Å². The van der Waals surface area contributed by atoms with E-state index in [1.807, 2.05) is 4.98 Å². The zero-order valence-corrected chi connectivity index (χ0v) is 7.27. The Morgan fingerprint density at radius 3 is 2.43 bits per heavy atom. The maximum Gasteiger partial charge on any atom is 0.478 e. The molecule has 1 aromatic heterocycles. The third-order valence-corrected chi connectivity index (χ3v) is 1.66. The van der Waals surface area contributed by atoms with Crippen molar-refractivity contribution >= 4 is 11.5 Å². The van der Waals surface area contributed by atoms with Crippen molar-refractivity contribution in [3.8, 4) is 0 Å². The Morgan fingerprint density at radius 1 is 1.50 bits per heavy atom. The summed E-state index contributed by atoms with van der Waals surface area (Å²) < 4.78 is 37.0. The van der Waals surface area contributed by atoms with Gasteiger partial charge in [-0.25, -0.2) is 4.98 Å². The lowest BCUT2D eigenvalue weighted by molar-refractivity contribution is -0.425. The lowest BCUT2D eigenvalue weighted by Crippen LogP contribution is -2.26. The molecule has 0 atom stereocenters. The number of alkyl halides is 3. The fourth-order valence-electron chi connectivity index (χ4n) is 1.12. The van der Waals surface area contributed by atoms with Crippen molar-refractivity contribution in [2.24, 2.45) is 0 Å². The van der Waals surface area contributed by atoms with Gasteiger partial charge in [-0.1, -0.05) is 0 Å².